The Balaban J connectivity index is 2.23. The van der Waals surface area contributed by atoms with Gasteiger partial charge in [-0.15, -0.1) is 0 Å². The normalized spacial score (nSPS) is 19.6. The number of aromatic nitrogens is 1. The summed E-state index contributed by atoms with van der Waals surface area (Å²) in [6.07, 6.45) is 4.76. The summed E-state index contributed by atoms with van der Waals surface area (Å²) < 4.78 is 23.5. The van der Waals surface area contributed by atoms with Gasteiger partial charge in [-0.25, -0.2) is 8.42 Å². The summed E-state index contributed by atoms with van der Waals surface area (Å²) in [5.74, 6) is -0.317. The molecule has 0 aliphatic carbocycles. The van der Waals surface area contributed by atoms with E-state index in [0.29, 0.717) is 18.5 Å². The molecule has 0 bridgehead atoms. The molecular weight excluding hydrogens is 290 g/mol. The van der Waals surface area contributed by atoms with Crippen molar-refractivity contribution in [3.63, 3.8) is 0 Å². The molecule has 7 heteroatoms. The van der Waals surface area contributed by atoms with Crippen LogP contribution in [0.4, 0.5) is 0 Å². The molecule has 1 saturated heterocycles. The maximum absolute atomic E-state index is 12.5. The summed E-state index contributed by atoms with van der Waals surface area (Å²) in [6, 6.07) is 4.92. The molecule has 112 valence electrons. The summed E-state index contributed by atoms with van der Waals surface area (Å²) in [4.78, 5) is 18.0. The molecule has 1 fully saturated rings. The van der Waals surface area contributed by atoms with Crippen molar-refractivity contribution in [2.24, 2.45) is 0 Å². The number of hydrogen-bond acceptors (Lipinski definition) is 5. The molecule has 21 heavy (non-hydrogen) atoms. The van der Waals surface area contributed by atoms with Crippen LogP contribution in [-0.2, 0) is 9.84 Å². The topological polar surface area (TPSA) is 91.1 Å². The summed E-state index contributed by atoms with van der Waals surface area (Å²) in [6.45, 7) is 0.708. The molecule has 6 nitrogen and oxygen atoms in total. The van der Waals surface area contributed by atoms with E-state index in [1.807, 2.05) is 6.07 Å². The van der Waals surface area contributed by atoms with Crippen LogP contribution in [0.2, 0.25) is 0 Å². The van der Waals surface area contributed by atoms with Gasteiger partial charge >= 0.3 is 0 Å². The van der Waals surface area contributed by atoms with Gasteiger partial charge in [-0.3, -0.25) is 9.78 Å². The zero-order valence-electron chi connectivity index (χ0n) is 11.8. The Morgan fingerprint density at radius 2 is 2.24 bits per heavy atom. The average Bonchev–Trinajstić information content (AvgIpc) is 2.72. The van der Waals surface area contributed by atoms with Crippen LogP contribution in [0.15, 0.2) is 18.3 Å². The van der Waals surface area contributed by atoms with Gasteiger partial charge in [0.25, 0.3) is 5.91 Å². The fraction of sp³-hybridized carbons (Fsp3) is 0.500. The van der Waals surface area contributed by atoms with E-state index in [1.165, 1.54) is 29.5 Å². The van der Waals surface area contributed by atoms with Crippen LogP contribution >= 0.6 is 0 Å². The fourth-order valence-corrected chi connectivity index (χ4v) is 3.46. The van der Waals surface area contributed by atoms with Crippen molar-refractivity contribution >= 4 is 15.7 Å². The fourth-order valence-electron chi connectivity index (χ4n) is 2.42. The smallest absolute Gasteiger partial charge is 0.272 e. The lowest BCUT2D eigenvalue weighted by Crippen LogP contribution is -2.39. The molecule has 0 spiro atoms. The minimum absolute atomic E-state index is 0.184. The summed E-state index contributed by atoms with van der Waals surface area (Å²) >= 11 is 0. The molecule has 0 unspecified atom stereocenters. The van der Waals surface area contributed by atoms with Gasteiger partial charge in [0.15, 0.2) is 9.84 Å². The number of nitrogens with zero attached hydrogens (tertiary/aromatic N) is 3. The second-order valence-corrected chi connectivity index (χ2v) is 7.57. The first-order chi connectivity index (χ1) is 9.91. The average molecular weight is 307 g/mol. The molecule has 1 aliphatic rings. The number of carbonyl (C=O) groups excluding carboxylic acids is 1. The number of hydrogen-bond donors (Lipinski definition) is 0. The van der Waals surface area contributed by atoms with Crippen molar-refractivity contribution in [2.45, 2.75) is 24.5 Å². The molecule has 0 saturated carbocycles. The van der Waals surface area contributed by atoms with Gasteiger partial charge in [0.2, 0.25) is 0 Å². The Labute approximate surface area is 124 Å². The monoisotopic (exact) mass is 307 g/mol. The standard InChI is InChI=1S/C14H17N3O3S/c1-21(19,20)12-4-2-3-7-17(10-12)14(18)13-8-11(9-15)5-6-16-13/h5-6,8,12H,2-4,7,10H2,1H3/t12-/m0/s1. The molecule has 2 heterocycles. The van der Waals surface area contributed by atoms with Gasteiger partial charge in [-0.05, 0) is 25.0 Å². The van der Waals surface area contributed by atoms with Crippen molar-refractivity contribution in [1.29, 1.82) is 5.26 Å². The number of rotatable bonds is 2. The first kappa shape index (κ1) is 15.4. The maximum atomic E-state index is 12.5. The highest BCUT2D eigenvalue weighted by atomic mass is 32.2. The molecule has 1 atom stereocenters. The van der Waals surface area contributed by atoms with Gasteiger partial charge in [0.1, 0.15) is 5.69 Å². The van der Waals surface area contributed by atoms with Gasteiger partial charge in [-0.1, -0.05) is 6.42 Å². The number of nitriles is 1. The molecule has 0 radical (unpaired) electrons. The number of pyridine rings is 1. The van der Waals surface area contributed by atoms with Crippen molar-refractivity contribution < 1.29 is 13.2 Å². The molecule has 1 aromatic heterocycles. The van der Waals surface area contributed by atoms with Gasteiger partial charge in [0, 0.05) is 25.5 Å². The third kappa shape index (κ3) is 3.79. The van der Waals surface area contributed by atoms with E-state index in [1.54, 1.807) is 0 Å². The van der Waals surface area contributed by atoms with Crippen LogP contribution < -0.4 is 0 Å². The third-order valence-electron chi connectivity index (χ3n) is 3.63. The zero-order valence-corrected chi connectivity index (χ0v) is 12.6. The minimum Gasteiger partial charge on any atom is -0.336 e. The minimum atomic E-state index is -3.18. The number of sulfone groups is 1. The zero-order chi connectivity index (χ0) is 15.5. The highest BCUT2D eigenvalue weighted by Gasteiger charge is 2.29. The highest BCUT2D eigenvalue weighted by molar-refractivity contribution is 7.91. The predicted molar refractivity (Wildman–Crippen MR) is 77.3 cm³/mol. The first-order valence-corrected chi connectivity index (χ1v) is 8.71. The van der Waals surface area contributed by atoms with Gasteiger partial charge < -0.3 is 4.90 Å². The van der Waals surface area contributed by atoms with Crippen molar-refractivity contribution in [2.75, 3.05) is 19.3 Å². The van der Waals surface area contributed by atoms with Crippen LogP contribution in [0, 0.1) is 11.3 Å². The Kier molecular flexibility index (Phi) is 4.58. The number of carbonyl (C=O) groups is 1. The molecule has 0 N–H and O–H groups in total. The molecule has 2 rings (SSSR count). The Morgan fingerprint density at radius 3 is 2.90 bits per heavy atom. The lowest BCUT2D eigenvalue weighted by atomic mass is 10.2. The van der Waals surface area contributed by atoms with Crippen LogP contribution in [0.25, 0.3) is 0 Å². The van der Waals surface area contributed by atoms with E-state index in [-0.39, 0.29) is 18.1 Å². The largest absolute Gasteiger partial charge is 0.336 e. The van der Waals surface area contributed by atoms with Crippen molar-refractivity contribution in [1.82, 2.24) is 9.88 Å². The quantitative estimate of drug-likeness (QED) is 0.812. The number of amides is 1. The van der Waals surface area contributed by atoms with Gasteiger partial charge in [-0.2, -0.15) is 5.26 Å². The molecule has 0 aromatic carbocycles. The first-order valence-electron chi connectivity index (χ1n) is 6.76. The maximum Gasteiger partial charge on any atom is 0.272 e. The highest BCUT2D eigenvalue weighted by Crippen LogP contribution is 2.18. The lowest BCUT2D eigenvalue weighted by Gasteiger charge is -2.23. The predicted octanol–water partition coefficient (Wildman–Crippen LogP) is 0.993. The second-order valence-electron chi connectivity index (χ2n) is 5.24. The van der Waals surface area contributed by atoms with Crippen LogP contribution in [0.1, 0.15) is 35.3 Å². The van der Waals surface area contributed by atoms with E-state index in [4.69, 9.17) is 5.26 Å². The van der Waals surface area contributed by atoms with E-state index in [2.05, 4.69) is 4.98 Å². The van der Waals surface area contributed by atoms with Crippen LogP contribution in [0.3, 0.4) is 0 Å². The van der Waals surface area contributed by atoms with Gasteiger partial charge in [0.05, 0.1) is 16.9 Å². The Bertz CT molecular complexity index is 679. The van der Waals surface area contributed by atoms with Crippen LogP contribution in [-0.4, -0.2) is 48.8 Å². The molecule has 1 amide bonds. The summed E-state index contributed by atoms with van der Waals surface area (Å²) in [7, 11) is -3.18. The van der Waals surface area contributed by atoms with Crippen molar-refractivity contribution in [3.05, 3.63) is 29.6 Å². The lowest BCUT2D eigenvalue weighted by molar-refractivity contribution is 0.0757. The molecular formula is C14H17N3O3S. The molecule has 1 aliphatic heterocycles. The summed E-state index contributed by atoms with van der Waals surface area (Å²) in [5, 5.41) is 8.34. The Morgan fingerprint density at radius 1 is 1.48 bits per heavy atom. The SMILES string of the molecule is CS(=O)(=O)[C@H]1CCCCN(C(=O)c2cc(C#N)ccn2)C1. The van der Waals surface area contributed by atoms with E-state index < -0.39 is 15.1 Å². The van der Waals surface area contributed by atoms with E-state index in [9.17, 15) is 13.2 Å². The molecule has 1 aromatic rings. The van der Waals surface area contributed by atoms with Crippen LogP contribution in [0.5, 0.6) is 0 Å². The van der Waals surface area contributed by atoms with E-state index in [0.717, 1.165) is 12.8 Å². The third-order valence-corrected chi connectivity index (χ3v) is 5.22. The number of likely N-dealkylation sites (tertiary alicyclic amines) is 1. The second kappa shape index (κ2) is 6.22. The van der Waals surface area contributed by atoms with Crippen molar-refractivity contribution in [3.8, 4) is 6.07 Å². The van der Waals surface area contributed by atoms with E-state index >= 15 is 0 Å². The Hall–Kier alpha value is -1.94. The summed E-state index contributed by atoms with van der Waals surface area (Å²) in [5.41, 5.74) is 0.547.